The maximum Gasteiger partial charge on any atom is 0.101 e. The van der Waals surface area contributed by atoms with Gasteiger partial charge in [-0.1, -0.05) is 19.9 Å². The van der Waals surface area contributed by atoms with Crippen molar-refractivity contribution in [3.05, 3.63) is 29.3 Å². The second kappa shape index (κ2) is 6.08. The van der Waals surface area contributed by atoms with Gasteiger partial charge >= 0.3 is 0 Å². The van der Waals surface area contributed by atoms with Gasteiger partial charge < -0.3 is 10.0 Å². The minimum Gasteiger partial charge on any atom is -0.392 e. The number of nitriles is 1. The summed E-state index contributed by atoms with van der Waals surface area (Å²) in [6.07, 6.45) is 2.40. The Hall–Kier alpha value is -1.53. The molecule has 0 unspecified atom stereocenters. The first-order valence-electron chi connectivity index (χ1n) is 7.04. The smallest absolute Gasteiger partial charge is 0.101 e. The normalized spacial score (nSPS) is 16.7. The maximum atomic E-state index is 9.25. The second-order valence-electron chi connectivity index (χ2n) is 5.69. The highest BCUT2D eigenvalue weighted by atomic mass is 16.3. The minimum atomic E-state index is -0.00954. The summed E-state index contributed by atoms with van der Waals surface area (Å²) in [4.78, 5) is 2.30. The molecule has 0 saturated carbocycles. The number of rotatable bonds is 3. The van der Waals surface area contributed by atoms with Crippen molar-refractivity contribution in [3.8, 4) is 6.07 Å². The van der Waals surface area contributed by atoms with Crippen LogP contribution in [0.2, 0.25) is 0 Å². The first kappa shape index (κ1) is 13.9. The quantitative estimate of drug-likeness (QED) is 0.906. The fraction of sp³-hybridized carbons (Fsp3) is 0.562. The number of aliphatic hydroxyl groups is 1. The van der Waals surface area contributed by atoms with E-state index in [-0.39, 0.29) is 6.61 Å². The summed E-state index contributed by atoms with van der Waals surface area (Å²) in [5.41, 5.74) is 2.49. The van der Waals surface area contributed by atoms with E-state index in [2.05, 4.69) is 24.8 Å². The van der Waals surface area contributed by atoms with Gasteiger partial charge in [0.05, 0.1) is 17.9 Å². The van der Waals surface area contributed by atoms with E-state index in [0.29, 0.717) is 5.56 Å². The molecule has 3 heteroatoms. The molecule has 2 rings (SSSR count). The van der Waals surface area contributed by atoms with E-state index in [0.717, 1.165) is 36.2 Å². The van der Waals surface area contributed by atoms with Crippen LogP contribution in [-0.2, 0) is 6.61 Å². The summed E-state index contributed by atoms with van der Waals surface area (Å²) in [5, 5.41) is 18.4. The highest BCUT2D eigenvalue weighted by Gasteiger charge is 2.23. The lowest BCUT2D eigenvalue weighted by Gasteiger charge is -2.35. The molecule has 0 radical (unpaired) electrons. The molecular weight excluding hydrogens is 236 g/mol. The molecule has 1 N–H and O–H groups in total. The van der Waals surface area contributed by atoms with Crippen LogP contribution in [0, 0.1) is 23.2 Å². The van der Waals surface area contributed by atoms with Crippen molar-refractivity contribution in [2.75, 3.05) is 18.0 Å². The van der Waals surface area contributed by atoms with Crippen LogP contribution >= 0.6 is 0 Å². The molecule has 1 aromatic rings. The first-order valence-corrected chi connectivity index (χ1v) is 7.04. The average molecular weight is 258 g/mol. The Kier molecular flexibility index (Phi) is 4.44. The lowest BCUT2D eigenvalue weighted by atomic mass is 9.86. The Labute approximate surface area is 115 Å². The van der Waals surface area contributed by atoms with Crippen molar-refractivity contribution in [2.24, 2.45) is 11.8 Å². The molecule has 102 valence electrons. The monoisotopic (exact) mass is 258 g/mol. The molecule has 0 spiro atoms. The number of anilines is 1. The van der Waals surface area contributed by atoms with Crippen LogP contribution in [0.4, 0.5) is 5.69 Å². The van der Waals surface area contributed by atoms with Crippen LogP contribution in [0.3, 0.4) is 0 Å². The molecule has 1 saturated heterocycles. The zero-order valence-corrected chi connectivity index (χ0v) is 11.8. The van der Waals surface area contributed by atoms with Gasteiger partial charge in [0.15, 0.2) is 0 Å². The molecular formula is C16H22N2O. The van der Waals surface area contributed by atoms with Gasteiger partial charge in [0, 0.05) is 13.1 Å². The topological polar surface area (TPSA) is 47.3 Å². The molecule has 0 amide bonds. The molecule has 0 atom stereocenters. The van der Waals surface area contributed by atoms with Gasteiger partial charge in [0.25, 0.3) is 0 Å². The summed E-state index contributed by atoms with van der Waals surface area (Å²) in [6.45, 7) is 6.62. The fourth-order valence-corrected chi connectivity index (χ4v) is 2.85. The Morgan fingerprint density at radius 3 is 2.58 bits per heavy atom. The van der Waals surface area contributed by atoms with Crippen molar-refractivity contribution in [1.82, 2.24) is 0 Å². The lowest BCUT2D eigenvalue weighted by Crippen LogP contribution is -2.35. The van der Waals surface area contributed by atoms with Gasteiger partial charge in [0.1, 0.15) is 6.07 Å². The van der Waals surface area contributed by atoms with E-state index in [1.165, 1.54) is 12.8 Å². The van der Waals surface area contributed by atoms with Gasteiger partial charge in [0.2, 0.25) is 0 Å². The number of hydrogen-bond acceptors (Lipinski definition) is 3. The number of nitrogens with zero attached hydrogens (tertiary/aromatic N) is 2. The molecule has 0 aliphatic carbocycles. The highest BCUT2D eigenvalue weighted by Crippen LogP contribution is 2.29. The molecule has 0 aromatic heterocycles. The SMILES string of the molecule is CC(C)C1CCN(c2ccc(CO)cc2C#N)CC1. The average Bonchev–Trinajstić information content (AvgIpc) is 2.46. The van der Waals surface area contributed by atoms with Gasteiger partial charge in [-0.25, -0.2) is 0 Å². The number of aliphatic hydroxyl groups excluding tert-OH is 1. The Morgan fingerprint density at radius 2 is 2.05 bits per heavy atom. The summed E-state index contributed by atoms with van der Waals surface area (Å²) in [6, 6.07) is 7.92. The molecule has 1 fully saturated rings. The summed E-state index contributed by atoms with van der Waals surface area (Å²) in [5.74, 6) is 1.55. The van der Waals surface area contributed by atoms with E-state index in [1.54, 1.807) is 6.07 Å². The first-order chi connectivity index (χ1) is 9.15. The number of piperidine rings is 1. The molecule has 1 aliphatic rings. The second-order valence-corrected chi connectivity index (χ2v) is 5.69. The molecule has 0 bridgehead atoms. The van der Waals surface area contributed by atoms with E-state index < -0.39 is 0 Å². The third-order valence-electron chi connectivity index (χ3n) is 4.19. The van der Waals surface area contributed by atoms with E-state index >= 15 is 0 Å². The van der Waals surface area contributed by atoms with Gasteiger partial charge in [-0.15, -0.1) is 0 Å². The summed E-state index contributed by atoms with van der Waals surface area (Å²) < 4.78 is 0. The third kappa shape index (κ3) is 3.08. The predicted molar refractivity (Wildman–Crippen MR) is 76.9 cm³/mol. The lowest BCUT2D eigenvalue weighted by molar-refractivity contribution is 0.282. The summed E-state index contributed by atoms with van der Waals surface area (Å²) in [7, 11) is 0. The Bertz CT molecular complexity index is 468. The zero-order chi connectivity index (χ0) is 13.8. The number of hydrogen-bond donors (Lipinski definition) is 1. The predicted octanol–water partition coefficient (Wildman–Crippen LogP) is 2.92. The van der Waals surface area contributed by atoms with E-state index in [4.69, 9.17) is 5.11 Å². The molecule has 3 nitrogen and oxygen atoms in total. The van der Waals surface area contributed by atoms with Crippen molar-refractivity contribution in [2.45, 2.75) is 33.3 Å². The Morgan fingerprint density at radius 1 is 1.37 bits per heavy atom. The van der Waals surface area contributed by atoms with Crippen molar-refractivity contribution < 1.29 is 5.11 Å². The van der Waals surface area contributed by atoms with Crippen molar-refractivity contribution in [1.29, 1.82) is 5.26 Å². The van der Waals surface area contributed by atoms with Crippen LogP contribution in [0.5, 0.6) is 0 Å². The van der Waals surface area contributed by atoms with Crippen molar-refractivity contribution in [3.63, 3.8) is 0 Å². The van der Waals surface area contributed by atoms with Gasteiger partial charge in [-0.2, -0.15) is 5.26 Å². The van der Waals surface area contributed by atoms with Crippen LogP contribution < -0.4 is 4.90 Å². The molecule has 1 aliphatic heterocycles. The minimum absolute atomic E-state index is 0.00954. The zero-order valence-electron chi connectivity index (χ0n) is 11.8. The van der Waals surface area contributed by atoms with E-state index in [9.17, 15) is 5.26 Å². The van der Waals surface area contributed by atoms with Crippen LogP contribution in [0.25, 0.3) is 0 Å². The van der Waals surface area contributed by atoms with E-state index in [1.807, 2.05) is 12.1 Å². The summed E-state index contributed by atoms with van der Waals surface area (Å²) >= 11 is 0. The third-order valence-corrected chi connectivity index (χ3v) is 4.19. The molecule has 1 aromatic carbocycles. The van der Waals surface area contributed by atoms with Gasteiger partial charge in [-0.05, 0) is 42.4 Å². The van der Waals surface area contributed by atoms with Crippen molar-refractivity contribution >= 4 is 5.69 Å². The Balaban J connectivity index is 2.13. The molecule has 1 heterocycles. The number of benzene rings is 1. The van der Waals surface area contributed by atoms with Crippen LogP contribution in [-0.4, -0.2) is 18.2 Å². The fourth-order valence-electron chi connectivity index (χ4n) is 2.85. The largest absolute Gasteiger partial charge is 0.392 e. The maximum absolute atomic E-state index is 9.25. The van der Waals surface area contributed by atoms with Crippen LogP contribution in [0.1, 0.15) is 37.8 Å². The highest BCUT2D eigenvalue weighted by molar-refractivity contribution is 5.60. The molecule has 19 heavy (non-hydrogen) atoms. The van der Waals surface area contributed by atoms with Crippen LogP contribution in [0.15, 0.2) is 18.2 Å². The standard InChI is InChI=1S/C16H22N2O/c1-12(2)14-5-7-18(8-6-14)16-4-3-13(11-19)9-15(16)10-17/h3-4,9,12,14,19H,5-8,11H2,1-2H3. The van der Waals surface area contributed by atoms with Gasteiger partial charge in [-0.3, -0.25) is 0 Å².